The van der Waals surface area contributed by atoms with Gasteiger partial charge in [0, 0.05) is 19.3 Å². The van der Waals surface area contributed by atoms with Crippen molar-refractivity contribution >= 4 is 17.9 Å². The fraction of sp³-hybridized carbons (Fsp3) is 0.747. The van der Waals surface area contributed by atoms with Crippen molar-refractivity contribution in [1.29, 1.82) is 0 Å². The smallest absolute Gasteiger partial charge is 0.306 e. The van der Waals surface area contributed by atoms with E-state index in [2.05, 4.69) is 118 Å². The van der Waals surface area contributed by atoms with Crippen LogP contribution in [0.4, 0.5) is 0 Å². The van der Waals surface area contributed by atoms with Gasteiger partial charge in [0.1, 0.15) is 13.2 Å². The fourth-order valence-corrected chi connectivity index (χ4v) is 9.90. The summed E-state index contributed by atoms with van der Waals surface area (Å²) in [7, 11) is 0. The zero-order valence-electron chi connectivity index (χ0n) is 53.5. The Hall–Kier alpha value is -3.67. The molecule has 1 atom stereocenters. The second-order valence-corrected chi connectivity index (χ2v) is 23.1. The van der Waals surface area contributed by atoms with Gasteiger partial charge in [-0.15, -0.1) is 0 Å². The summed E-state index contributed by atoms with van der Waals surface area (Å²) < 4.78 is 16.9. The molecule has 0 aliphatic heterocycles. The van der Waals surface area contributed by atoms with E-state index in [-0.39, 0.29) is 31.1 Å². The zero-order valence-corrected chi connectivity index (χ0v) is 53.5. The van der Waals surface area contributed by atoms with E-state index >= 15 is 0 Å². The van der Waals surface area contributed by atoms with Gasteiger partial charge in [-0.2, -0.15) is 0 Å². The third-order valence-electron chi connectivity index (χ3n) is 15.1. The van der Waals surface area contributed by atoms with Crippen LogP contribution in [0.25, 0.3) is 0 Å². The second kappa shape index (κ2) is 68.8. The molecule has 0 aliphatic carbocycles. The lowest BCUT2D eigenvalue weighted by Gasteiger charge is -2.18. The predicted octanol–water partition coefficient (Wildman–Crippen LogP) is 24.0. The minimum Gasteiger partial charge on any atom is -0.462 e. The largest absolute Gasteiger partial charge is 0.462 e. The van der Waals surface area contributed by atoms with E-state index in [1.807, 2.05) is 0 Å². The average Bonchev–Trinajstić information content (AvgIpc) is 3.47. The topological polar surface area (TPSA) is 78.9 Å². The Bertz CT molecular complexity index is 1580. The van der Waals surface area contributed by atoms with Gasteiger partial charge in [-0.1, -0.05) is 323 Å². The van der Waals surface area contributed by atoms with Gasteiger partial charge < -0.3 is 14.2 Å². The van der Waals surface area contributed by atoms with Crippen LogP contribution in [0.15, 0.2) is 97.2 Å². The van der Waals surface area contributed by atoms with Gasteiger partial charge >= 0.3 is 17.9 Å². The van der Waals surface area contributed by atoms with E-state index in [9.17, 15) is 14.4 Å². The standard InChI is InChI=1S/C75H130O6/c1-4-7-10-13-16-19-22-24-26-28-30-31-32-33-34-35-36-37-38-39-40-41-42-43-44-45-46-48-49-51-53-56-59-62-65-68-74(77)80-71-72(70-79-73(76)67-64-61-58-55-21-18-15-12-9-6-3)81-75(78)69-66-63-60-57-54-52-50-47-29-27-25-23-20-17-14-11-8-5-2/h7,10,12,15-16,19,24,26,30-31,33-34,36-37,39-40,72H,4-6,8-9,11,13-14,17-18,20-23,25,27-29,32,35,38,41-71H2,1-3H3/b10-7-,15-12-,19-16-,26-24-,31-30-,34-33-,37-36-,40-39-. The van der Waals surface area contributed by atoms with E-state index in [4.69, 9.17) is 14.2 Å². The molecule has 0 aromatic heterocycles. The summed E-state index contributed by atoms with van der Waals surface area (Å²) in [5, 5.41) is 0. The first-order valence-electron chi connectivity index (χ1n) is 34.7. The number of hydrogen-bond donors (Lipinski definition) is 0. The summed E-state index contributed by atoms with van der Waals surface area (Å²) in [5.41, 5.74) is 0. The summed E-state index contributed by atoms with van der Waals surface area (Å²) in [5.74, 6) is -0.872. The highest BCUT2D eigenvalue weighted by atomic mass is 16.6. The molecule has 0 aromatic carbocycles. The van der Waals surface area contributed by atoms with Crippen molar-refractivity contribution in [3.63, 3.8) is 0 Å². The fourth-order valence-electron chi connectivity index (χ4n) is 9.90. The van der Waals surface area contributed by atoms with E-state index < -0.39 is 6.10 Å². The molecule has 0 rings (SSSR count). The van der Waals surface area contributed by atoms with Crippen LogP contribution in [0.5, 0.6) is 0 Å². The molecule has 0 fully saturated rings. The van der Waals surface area contributed by atoms with E-state index in [1.54, 1.807) is 0 Å². The van der Waals surface area contributed by atoms with Gasteiger partial charge in [0.15, 0.2) is 6.10 Å². The lowest BCUT2D eigenvalue weighted by atomic mass is 10.0. The van der Waals surface area contributed by atoms with Crippen LogP contribution < -0.4 is 0 Å². The van der Waals surface area contributed by atoms with Crippen LogP contribution >= 0.6 is 0 Å². The van der Waals surface area contributed by atoms with E-state index in [0.29, 0.717) is 19.3 Å². The molecule has 0 heterocycles. The first kappa shape index (κ1) is 77.3. The van der Waals surface area contributed by atoms with Crippen LogP contribution in [-0.2, 0) is 28.6 Å². The first-order valence-corrected chi connectivity index (χ1v) is 34.7. The maximum Gasteiger partial charge on any atom is 0.306 e. The molecule has 0 aliphatic rings. The van der Waals surface area contributed by atoms with Crippen molar-refractivity contribution in [3.8, 4) is 0 Å². The number of rotatable bonds is 63. The van der Waals surface area contributed by atoms with Crippen molar-refractivity contribution in [2.24, 2.45) is 0 Å². The quantitative estimate of drug-likeness (QED) is 0.0261. The number of carbonyl (C=O) groups excluding carboxylic acids is 3. The van der Waals surface area contributed by atoms with Crippen LogP contribution in [0, 0.1) is 0 Å². The van der Waals surface area contributed by atoms with Crippen molar-refractivity contribution < 1.29 is 28.6 Å². The van der Waals surface area contributed by atoms with Gasteiger partial charge in [0.05, 0.1) is 0 Å². The predicted molar refractivity (Wildman–Crippen MR) is 353 cm³/mol. The second-order valence-electron chi connectivity index (χ2n) is 23.1. The molecule has 1 unspecified atom stereocenters. The summed E-state index contributed by atoms with van der Waals surface area (Å²) in [6.45, 7) is 6.50. The van der Waals surface area contributed by atoms with Crippen LogP contribution in [-0.4, -0.2) is 37.2 Å². The Morgan fingerprint density at radius 3 is 0.815 bits per heavy atom. The minimum atomic E-state index is -0.778. The summed E-state index contributed by atoms with van der Waals surface area (Å²) in [6.07, 6.45) is 93.0. The van der Waals surface area contributed by atoms with Crippen LogP contribution in [0.1, 0.15) is 342 Å². The van der Waals surface area contributed by atoms with Crippen molar-refractivity contribution in [1.82, 2.24) is 0 Å². The normalized spacial score (nSPS) is 12.7. The highest BCUT2D eigenvalue weighted by Crippen LogP contribution is 2.17. The monoisotopic (exact) mass is 1130 g/mol. The molecule has 0 aromatic rings. The SMILES string of the molecule is CC/C=C\C/C=C\C/C=C\C/C=C\C/C=C\C/C=C\C/C=C\CCCCCCCCCCCCCCCC(=O)OCC(COC(=O)CCCCCCC/C=C\CCC)OC(=O)CCCCCCCCCCCCCCCCCCCC. The van der Waals surface area contributed by atoms with Gasteiger partial charge in [-0.05, 0) is 96.3 Å². The molecular weight excluding hydrogens is 997 g/mol. The minimum absolute atomic E-state index is 0.0761. The summed E-state index contributed by atoms with van der Waals surface area (Å²) in [6, 6.07) is 0. The highest BCUT2D eigenvalue weighted by Gasteiger charge is 2.19. The summed E-state index contributed by atoms with van der Waals surface area (Å²) in [4.78, 5) is 38.3. The zero-order chi connectivity index (χ0) is 58.5. The third-order valence-corrected chi connectivity index (χ3v) is 15.1. The number of allylic oxidation sites excluding steroid dienone is 16. The molecule has 0 radical (unpaired) electrons. The molecule has 0 spiro atoms. The maximum atomic E-state index is 12.9. The Kier molecular flexibility index (Phi) is 65.7. The van der Waals surface area contributed by atoms with Crippen molar-refractivity contribution in [2.75, 3.05) is 13.2 Å². The average molecular weight is 1130 g/mol. The lowest BCUT2D eigenvalue weighted by molar-refractivity contribution is -0.167. The van der Waals surface area contributed by atoms with Crippen LogP contribution in [0.2, 0.25) is 0 Å². The third kappa shape index (κ3) is 67.0. The highest BCUT2D eigenvalue weighted by molar-refractivity contribution is 5.71. The Labute approximate surface area is 502 Å². The van der Waals surface area contributed by atoms with Crippen LogP contribution in [0.3, 0.4) is 0 Å². The molecule has 466 valence electrons. The molecule has 0 N–H and O–H groups in total. The molecular formula is C75H130O6. The molecule has 6 heteroatoms. The lowest BCUT2D eigenvalue weighted by Crippen LogP contribution is -2.30. The van der Waals surface area contributed by atoms with Gasteiger partial charge in [-0.25, -0.2) is 0 Å². The molecule has 6 nitrogen and oxygen atoms in total. The summed E-state index contributed by atoms with van der Waals surface area (Å²) >= 11 is 0. The van der Waals surface area contributed by atoms with Crippen molar-refractivity contribution in [2.45, 2.75) is 348 Å². The van der Waals surface area contributed by atoms with Gasteiger partial charge in [-0.3, -0.25) is 14.4 Å². The first-order chi connectivity index (χ1) is 40.0. The Morgan fingerprint density at radius 2 is 0.506 bits per heavy atom. The van der Waals surface area contributed by atoms with E-state index in [0.717, 1.165) is 116 Å². The molecule has 0 bridgehead atoms. The van der Waals surface area contributed by atoms with E-state index in [1.165, 1.54) is 186 Å². The number of hydrogen-bond acceptors (Lipinski definition) is 6. The van der Waals surface area contributed by atoms with Crippen molar-refractivity contribution in [3.05, 3.63) is 97.2 Å². The number of esters is 3. The molecule has 0 saturated carbocycles. The Balaban J connectivity index is 4.12. The molecule has 81 heavy (non-hydrogen) atoms. The number of unbranched alkanes of at least 4 members (excludes halogenated alkanes) is 36. The van der Waals surface area contributed by atoms with Gasteiger partial charge in [0.25, 0.3) is 0 Å². The Morgan fingerprint density at radius 1 is 0.259 bits per heavy atom. The number of ether oxygens (including phenoxy) is 3. The molecule has 0 amide bonds. The molecule has 0 saturated heterocycles. The number of carbonyl (C=O) groups is 3. The van der Waals surface area contributed by atoms with Gasteiger partial charge in [0.2, 0.25) is 0 Å². The maximum absolute atomic E-state index is 12.9.